The highest BCUT2D eigenvalue weighted by molar-refractivity contribution is 7.52. The molecule has 1 fully saturated rings. The summed E-state index contributed by atoms with van der Waals surface area (Å²) >= 11 is 0. The van der Waals surface area contributed by atoms with E-state index in [4.69, 9.17) is 24.3 Å². The zero-order valence-corrected chi connectivity index (χ0v) is 23.7. The molecule has 1 unspecified atom stereocenters. The molecule has 5 N–H and O–H groups in total. The second-order valence-electron chi connectivity index (χ2n) is 9.95. The van der Waals surface area contributed by atoms with Crippen LogP contribution in [0.15, 0.2) is 59.5 Å². The van der Waals surface area contributed by atoms with Crippen LogP contribution in [0.1, 0.15) is 27.0 Å². The number of benzene rings is 2. The van der Waals surface area contributed by atoms with E-state index in [1.807, 2.05) is 12.1 Å². The maximum Gasteiger partial charge on any atom is 0.459 e. The molecule has 1 aliphatic heterocycles. The van der Waals surface area contributed by atoms with Gasteiger partial charge in [0.1, 0.15) is 29.8 Å². The predicted octanol–water partition coefficient (Wildman–Crippen LogP) is 2.37. The van der Waals surface area contributed by atoms with Gasteiger partial charge < -0.3 is 29.9 Å². The number of ether oxygens (including phenoxy) is 2. The highest BCUT2D eigenvalue weighted by atomic mass is 31.2. The Kier molecular flexibility index (Phi) is 9.30. The number of halogens is 2. The fraction of sp³-hybridized carbons (Fsp3) is 0.423. The number of fused-ring (bicyclic) bond motifs is 1. The largest absolute Gasteiger partial charge is 0.462 e. The van der Waals surface area contributed by atoms with Crippen molar-refractivity contribution in [2.45, 2.75) is 63.4 Å². The Balaban J connectivity index is 1.65. The van der Waals surface area contributed by atoms with Crippen molar-refractivity contribution in [1.29, 1.82) is 0 Å². The Bertz CT molecular complexity index is 1540. The summed E-state index contributed by atoms with van der Waals surface area (Å²) in [7, 11) is -4.72. The molecular weight excluding hydrogens is 581 g/mol. The number of alkyl halides is 2. The summed E-state index contributed by atoms with van der Waals surface area (Å²) < 4.78 is 65.3. The zero-order valence-electron chi connectivity index (χ0n) is 22.8. The van der Waals surface area contributed by atoms with Crippen molar-refractivity contribution in [3.63, 3.8) is 0 Å². The van der Waals surface area contributed by atoms with E-state index in [-0.39, 0.29) is 11.6 Å². The first-order valence-corrected chi connectivity index (χ1v) is 14.4. The molecule has 3 aromatic rings. The summed E-state index contributed by atoms with van der Waals surface area (Å²) in [6, 6.07) is 11.7. The molecule has 228 valence electrons. The number of aliphatic hydroxyl groups is 2. The molecule has 1 aromatic heterocycles. The molecule has 13 nitrogen and oxygen atoms in total. The van der Waals surface area contributed by atoms with Crippen molar-refractivity contribution in [2.75, 3.05) is 12.3 Å². The van der Waals surface area contributed by atoms with Crippen molar-refractivity contribution in [3.8, 4) is 5.75 Å². The second-order valence-corrected chi connectivity index (χ2v) is 11.6. The number of carbonyl (C=O) groups is 1. The van der Waals surface area contributed by atoms with Gasteiger partial charge >= 0.3 is 19.4 Å². The lowest BCUT2D eigenvalue weighted by molar-refractivity contribution is -0.192. The standard InChI is InChI=1S/C26H31F2N4O9P/c1-14(2)39-23(35)15(3)31-42(37,41-18-9-8-16-6-4-5-7-17(16)12-18)38-13-26(24(27)28)21(34)20(33)22(40-26)32-11-10-19(29)30-25(32)36/h4-12,14-15,20-22,24,33-34H,13H2,1-3H3,(H,31,37)(H2,29,30,36)/t15-,20+,21+,22+,26+,42?/m0/s1. The summed E-state index contributed by atoms with van der Waals surface area (Å²) in [5, 5.41) is 25.2. The Morgan fingerprint density at radius 1 is 1.19 bits per heavy atom. The Morgan fingerprint density at radius 3 is 2.52 bits per heavy atom. The molecule has 1 aliphatic rings. The Labute approximate surface area is 238 Å². The third-order valence-electron chi connectivity index (χ3n) is 6.42. The van der Waals surface area contributed by atoms with Gasteiger partial charge in [0.15, 0.2) is 11.8 Å². The number of esters is 1. The molecule has 0 spiro atoms. The van der Waals surface area contributed by atoms with E-state index in [0.717, 1.165) is 17.6 Å². The van der Waals surface area contributed by atoms with Crippen LogP contribution in [0.5, 0.6) is 5.75 Å². The number of nitrogens with zero attached hydrogens (tertiary/aromatic N) is 2. The van der Waals surface area contributed by atoms with Crippen LogP contribution in [0, 0.1) is 0 Å². The van der Waals surface area contributed by atoms with Crippen LogP contribution in [0.2, 0.25) is 0 Å². The third-order valence-corrected chi connectivity index (χ3v) is 8.04. The van der Waals surface area contributed by atoms with E-state index in [9.17, 15) is 33.1 Å². The summed E-state index contributed by atoms with van der Waals surface area (Å²) in [5.74, 6) is -0.997. The summed E-state index contributed by atoms with van der Waals surface area (Å²) in [4.78, 5) is 28.2. The van der Waals surface area contributed by atoms with Gasteiger partial charge in [0.05, 0.1) is 12.7 Å². The van der Waals surface area contributed by atoms with Crippen LogP contribution >= 0.6 is 7.75 Å². The molecule has 6 atom stereocenters. The first-order chi connectivity index (χ1) is 19.7. The first kappa shape index (κ1) is 31.5. The molecule has 42 heavy (non-hydrogen) atoms. The number of nitrogens with two attached hydrogens (primary N) is 1. The first-order valence-electron chi connectivity index (χ1n) is 12.8. The van der Waals surface area contributed by atoms with E-state index in [0.29, 0.717) is 9.95 Å². The summed E-state index contributed by atoms with van der Waals surface area (Å²) in [5.41, 5.74) is 1.44. The Morgan fingerprint density at radius 2 is 1.88 bits per heavy atom. The molecule has 0 saturated carbocycles. The average molecular weight is 613 g/mol. The van der Waals surface area contributed by atoms with Crippen LogP contribution in [0.3, 0.4) is 0 Å². The van der Waals surface area contributed by atoms with Crippen LogP contribution in [0.4, 0.5) is 14.6 Å². The molecule has 4 rings (SSSR count). The van der Waals surface area contributed by atoms with Crippen molar-refractivity contribution >= 4 is 30.3 Å². The lowest BCUT2D eigenvalue weighted by Gasteiger charge is -2.32. The van der Waals surface area contributed by atoms with Gasteiger partial charge in [-0.2, -0.15) is 10.1 Å². The van der Waals surface area contributed by atoms with E-state index in [1.54, 1.807) is 32.0 Å². The number of anilines is 1. The normalized spacial score (nSPS) is 24.5. The van der Waals surface area contributed by atoms with Crippen molar-refractivity contribution in [3.05, 3.63) is 65.2 Å². The van der Waals surface area contributed by atoms with Gasteiger partial charge in [-0.25, -0.2) is 18.1 Å². The highest BCUT2D eigenvalue weighted by Crippen LogP contribution is 2.49. The third kappa shape index (κ3) is 6.61. The lowest BCUT2D eigenvalue weighted by atomic mass is 9.96. The molecule has 0 radical (unpaired) electrons. The predicted molar refractivity (Wildman–Crippen MR) is 146 cm³/mol. The molecule has 1 saturated heterocycles. The van der Waals surface area contributed by atoms with Crippen molar-refractivity contribution in [2.24, 2.45) is 0 Å². The number of nitrogens with one attached hydrogen (secondary N) is 1. The molecule has 0 bridgehead atoms. The topological polar surface area (TPSA) is 184 Å². The summed E-state index contributed by atoms with van der Waals surface area (Å²) in [6.45, 7) is 3.19. The van der Waals surface area contributed by atoms with E-state index < -0.39 is 68.6 Å². The number of aliphatic hydroxyl groups excluding tert-OH is 2. The molecule has 0 aliphatic carbocycles. The number of aromatic nitrogens is 2. The maximum atomic E-state index is 14.6. The van der Waals surface area contributed by atoms with Gasteiger partial charge in [-0.3, -0.25) is 13.9 Å². The minimum atomic E-state index is -4.72. The van der Waals surface area contributed by atoms with Gasteiger partial charge in [0.2, 0.25) is 0 Å². The van der Waals surface area contributed by atoms with E-state index in [1.165, 1.54) is 19.1 Å². The quantitative estimate of drug-likeness (QED) is 0.183. The van der Waals surface area contributed by atoms with Gasteiger partial charge in [0, 0.05) is 6.20 Å². The maximum absolute atomic E-state index is 14.6. The number of hydrogen-bond acceptors (Lipinski definition) is 11. The minimum Gasteiger partial charge on any atom is -0.462 e. The minimum absolute atomic E-state index is 0.00496. The SMILES string of the molecule is CC(C)OC(=O)[C@H](C)NP(=O)(OC[C@@]1(C(F)F)O[C@@H](n2ccc(N)nc2=O)[C@H](O)[C@H]1O)Oc1ccc2ccccc2c1. The van der Waals surface area contributed by atoms with Crippen molar-refractivity contribution < 1.29 is 46.9 Å². The average Bonchev–Trinajstić information content (AvgIpc) is 3.17. The van der Waals surface area contributed by atoms with Gasteiger partial charge in [-0.05, 0) is 49.7 Å². The number of rotatable bonds is 11. The van der Waals surface area contributed by atoms with Crippen molar-refractivity contribution in [1.82, 2.24) is 14.6 Å². The van der Waals surface area contributed by atoms with Crippen LogP contribution in [-0.2, 0) is 23.4 Å². The Hall–Kier alpha value is -3.46. The number of carbonyl (C=O) groups excluding carboxylic acids is 1. The monoisotopic (exact) mass is 612 g/mol. The fourth-order valence-corrected chi connectivity index (χ4v) is 5.80. The smallest absolute Gasteiger partial charge is 0.459 e. The molecule has 16 heteroatoms. The summed E-state index contributed by atoms with van der Waals surface area (Å²) in [6.07, 6.45) is -9.21. The van der Waals surface area contributed by atoms with E-state index >= 15 is 0 Å². The molecule has 0 amide bonds. The zero-order chi connectivity index (χ0) is 30.8. The van der Waals surface area contributed by atoms with E-state index in [2.05, 4.69) is 10.1 Å². The molecular formula is C26H31F2N4O9P. The van der Waals surface area contributed by atoms with Crippen LogP contribution in [0.25, 0.3) is 10.8 Å². The number of hydrogen-bond donors (Lipinski definition) is 4. The van der Waals surface area contributed by atoms with Gasteiger partial charge in [-0.1, -0.05) is 30.3 Å². The molecule has 2 aromatic carbocycles. The van der Waals surface area contributed by atoms with Gasteiger partial charge in [0.25, 0.3) is 6.43 Å². The second kappa shape index (κ2) is 12.4. The molecule has 2 heterocycles. The van der Waals surface area contributed by atoms with Gasteiger partial charge in [-0.15, -0.1) is 0 Å². The van der Waals surface area contributed by atoms with Crippen LogP contribution in [-0.4, -0.2) is 68.7 Å². The fourth-order valence-electron chi connectivity index (χ4n) is 4.28. The number of nitrogen functional groups attached to an aromatic ring is 1. The lowest BCUT2D eigenvalue weighted by Crippen LogP contribution is -2.53. The van der Waals surface area contributed by atoms with Crippen LogP contribution < -0.4 is 21.0 Å². The highest BCUT2D eigenvalue weighted by Gasteiger charge is 2.61.